The molecular formula is C14H20F2N2. The molecule has 0 bridgehead atoms. The van der Waals surface area contributed by atoms with Crippen molar-refractivity contribution in [3.8, 4) is 0 Å². The zero-order valence-electron chi connectivity index (χ0n) is 11.1. The molecule has 1 N–H and O–H groups in total. The summed E-state index contributed by atoms with van der Waals surface area (Å²) in [6.07, 6.45) is 0.902. The van der Waals surface area contributed by atoms with Crippen LogP contribution < -0.4 is 10.2 Å². The van der Waals surface area contributed by atoms with Gasteiger partial charge in [-0.3, -0.25) is 0 Å². The number of nitrogens with zero attached hydrogens (tertiary/aromatic N) is 1. The lowest BCUT2D eigenvalue weighted by Gasteiger charge is -2.45. The van der Waals surface area contributed by atoms with Gasteiger partial charge in [-0.25, -0.2) is 8.78 Å². The van der Waals surface area contributed by atoms with E-state index in [1.54, 1.807) is 0 Å². The van der Waals surface area contributed by atoms with Gasteiger partial charge in [-0.1, -0.05) is 6.92 Å². The van der Waals surface area contributed by atoms with Crippen LogP contribution in [0.2, 0.25) is 0 Å². The third kappa shape index (κ3) is 2.64. The molecule has 0 radical (unpaired) electrons. The summed E-state index contributed by atoms with van der Waals surface area (Å²) >= 11 is 0. The van der Waals surface area contributed by atoms with Crippen molar-refractivity contribution in [2.45, 2.75) is 38.8 Å². The first-order valence-corrected chi connectivity index (χ1v) is 6.39. The average Bonchev–Trinajstić information content (AvgIpc) is 2.31. The van der Waals surface area contributed by atoms with Crippen LogP contribution in [-0.4, -0.2) is 24.7 Å². The minimum Gasteiger partial charge on any atom is -0.363 e. The summed E-state index contributed by atoms with van der Waals surface area (Å²) in [6, 6.07) is 3.85. The zero-order chi connectivity index (χ0) is 13.3. The number of hydrogen-bond donors (Lipinski definition) is 1. The highest BCUT2D eigenvalue weighted by Gasteiger charge is 2.32. The molecule has 100 valence electrons. The first kappa shape index (κ1) is 13.3. The summed E-state index contributed by atoms with van der Waals surface area (Å²) in [7, 11) is 0. The highest BCUT2D eigenvalue weighted by atomic mass is 19.1. The second kappa shape index (κ2) is 4.84. The second-order valence-electron chi connectivity index (χ2n) is 5.55. The largest absolute Gasteiger partial charge is 0.363 e. The van der Waals surface area contributed by atoms with Gasteiger partial charge in [-0.05, 0) is 32.4 Å². The van der Waals surface area contributed by atoms with E-state index in [0.717, 1.165) is 19.0 Å². The average molecular weight is 254 g/mol. The molecule has 0 aliphatic carbocycles. The smallest absolute Gasteiger partial charge is 0.146 e. The Labute approximate surface area is 107 Å². The third-order valence-electron chi connectivity index (χ3n) is 3.51. The summed E-state index contributed by atoms with van der Waals surface area (Å²) in [6.45, 7) is 7.67. The fourth-order valence-electron chi connectivity index (χ4n) is 2.47. The predicted octanol–water partition coefficient (Wildman–Crippen LogP) is 2.93. The number of rotatable bonds is 2. The van der Waals surface area contributed by atoms with E-state index in [0.29, 0.717) is 12.2 Å². The van der Waals surface area contributed by atoms with Crippen molar-refractivity contribution >= 4 is 5.69 Å². The maximum absolute atomic E-state index is 13.9. The van der Waals surface area contributed by atoms with Gasteiger partial charge in [-0.2, -0.15) is 0 Å². The molecule has 1 heterocycles. The Balaban J connectivity index is 2.35. The van der Waals surface area contributed by atoms with Gasteiger partial charge in [0.05, 0.1) is 5.69 Å². The van der Waals surface area contributed by atoms with Gasteiger partial charge in [0.1, 0.15) is 11.6 Å². The topological polar surface area (TPSA) is 15.3 Å². The Hall–Kier alpha value is -1.16. The van der Waals surface area contributed by atoms with Gasteiger partial charge in [0, 0.05) is 30.7 Å². The van der Waals surface area contributed by atoms with Crippen LogP contribution in [-0.2, 0) is 0 Å². The molecule has 0 aromatic heterocycles. The van der Waals surface area contributed by atoms with Crippen LogP contribution in [0.5, 0.6) is 0 Å². The maximum atomic E-state index is 13.9. The number of benzene rings is 1. The quantitative estimate of drug-likeness (QED) is 0.873. The molecule has 1 aromatic carbocycles. The number of nitrogens with one attached hydrogen (secondary N) is 1. The van der Waals surface area contributed by atoms with E-state index in [-0.39, 0.29) is 17.4 Å². The molecule has 1 atom stereocenters. The van der Waals surface area contributed by atoms with Crippen molar-refractivity contribution in [2.24, 2.45) is 0 Å². The zero-order valence-corrected chi connectivity index (χ0v) is 11.1. The number of anilines is 1. The highest BCUT2D eigenvalue weighted by molar-refractivity contribution is 5.50. The fourth-order valence-corrected chi connectivity index (χ4v) is 2.47. The minimum atomic E-state index is -0.391. The van der Waals surface area contributed by atoms with Crippen LogP contribution in [0.3, 0.4) is 0 Å². The standard InChI is InChI=1S/C14H20F2N2/c1-4-11-8-17-14(2,3)9-18(11)13-7-10(15)5-6-12(13)16/h5-7,11,17H,4,8-9H2,1-3H3. The number of hydrogen-bond acceptors (Lipinski definition) is 2. The summed E-state index contributed by atoms with van der Waals surface area (Å²) in [5.41, 5.74) is 0.279. The van der Waals surface area contributed by atoms with Gasteiger partial charge in [-0.15, -0.1) is 0 Å². The Morgan fingerprint density at radius 1 is 1.39 bits per heavy atom. The van der Waals surface area contributed by atoms with E-state index < -0.39 is 5.82 Å². The lowest BCUT2D eigenvalue weighted by molar-refractivity contribution is 0.304. The molecule has 18 heavy (non-hydrogen) atoms. The molecule has 2 rings (SSSR count). The van der Waals surface area contributed by atoms with E-state index in [2.05, 4.69) is 26.1 Å². The van der Waals surface area contributed by atoms with Gasteiger partial charge in [0.15, 0.2) is 0 Å². The van der Waals surface area contributed by atoms with E-state index in [9.17, 15) is 8.78 Å². The predicted molar refractivity (Wildman–Crippen MR) is 69.9 cm³/mol. The first-order valence-electron chi connectivity index (χ1n) is 6.39. The molecule has 2 nitrogen and oxygen atoms in total. The summed E-state index contributed by atoms with van der Waals surface area (Å²) < 4.78 is 27.2. The molecule has 1 aromatic rings. The van der Waals surface area contributed by atoms with Crippen molar-refractivity contribution in [3.63, 3.8) is 0 Å². The molecule has 1 aliphatic rings. The molecule has 1 aliphatic heterocycles. The molecular weight excluding hydrogens is 234 g/mol. The van der Waals surface area contributed by atoms with Crippen LogP contribution >= 0.6 is 0 Å². The number of halogens is 2. The van der Waals surface area contributed by atoms with Crippen LogP contribution in [0.15, 0.2) is 18.2 Å². The van der Waals surface area contributed by atoms with E-state index in [4.69, 9.17) is 0 Å². The molecule has 4 heteroatoms. The summed E-state index contributed by atoms with van der Waals surface area (Å²) in [5.74, 6) is -0.745. The normalized spacial score (nSPS) is 23.2. The minimum absolute atomic E-state index is 0.0928. The lowest BCUT2D eigenvalue weighted by Crippen LogP contribution is -2.61. The van der Waals surface area contributed by atoms with Crippen molar-refractivity contribution < 1.29 is 8.78 Å². The van der Waals surface area contributed by atoms with Gasteiger partial charge >= 0.3 is 0 Å². The Morgan fingerprint density at radius 3 is 2.78 bits per heavy atom. The number of piperazine rings is 1. The van der Waals surface area contributed by atoms with E-state index in [1.807, 2.05) is 4.90 Å². The lowest BCUT2D eigenvalue weighted by atomic mass is 9.96. The Morgan fingerprint density at radius 2 is 2.11 bits per heavy atom. The molecule has 0 saturated carbocycles. The van der Waals surface area contributed by atoms with Crippen LogP contribution in [0.4, 0.5) is 14.5 Å². The monoisotopic (exact) mass is 254 g/mol. The summed E-state index contributed by atoms with van der Waals surface area (Å²) in [4.78, 5) is 1.98. The SMILES string of the molecule is CCC1CNC(C)(C)CN1c1cc(F)ccc1F. The molecule has 1 saturated heterocycles. The second-order valence-corrected chi connectivity index (χ2v) is 5.55. The summed E-state index contributed by atoms with van der Waals surface area (Å²) in [5, 5.41) is 3.44. The van der Waals surface area contributed by atoms with Gasteiger partial charge in [0.25, 0.3) is 0 Å². The van der Waals surface area contributed by atoms with Crippen molar-refractivity contribution in [2.75, 3.05) is 18.0 Å². The third-order valence-corrected chi connectivity index (χ3v) is 3.51. The van der Waals surface area contributed by atoms with Crippen molar-refractivity contribution in [1.29, 1.82) is 0 Å². The van der Waals surface area contributed by atoms with Crippen molar-refractivity contribution in [3.05, 3.63) is 29.8 Å². The van der Waals surface area contributed by atoms with Gasteiger partial charge < -0.3 is 10.2 Å². The Kier molecular flexibility index (Phi) is 3.57. The van der Waals surface area contributed by atoms with Crippen LogP contribution in [0.1, 0.15) is 27.2 Å². The first-order chi connectivity index (χ1) is 8.43. The highest BCUT2D eigenvalue weighted by Crippen LogP contribution is 2.27. The maximum Gasteiger partial charge on any atom is 0.146 e. The van der Waals surface area contributed by atoms with Crippen LogP contribution in [0.25, 0.3) is 0 Å². The Bertz CT molecular complexity index is 432. The van der Waals surface area contributed by atoms with Gasteiger partial charge in [0.2, 0.25) is 0 Å². The van der Waals surface area contributed by atoms with E-state index in [1.165, 1.54) is 12.1 Å². The van der Waals surface area contributed by atoms with E-state index >= 15 is 0 Å². The fraction of sp³-hybridized carbons (Fsp3) is 0.571. The molecule has 1 fully saturated rings. The molecule has 0 spiro atoms. The van der Waals surface area contributed by atoms with Crippen molar-refractivity contribution in [1.82, 2.24) is 5.32 Å². The van der Waals surface area contributed by atoms with Crippen LogP contribution in [0, 0.1) is 11.6 Å². The molecule has 0 amide bonds. The molecule has 1 unspecified atom stereocenters.